The number of carbonyl (C=O) groups is 1. The first-order valence-corrected chi connectivity index (χ1v) is 5.72. The average Bonchev–Trinajstić information content (AvgIpc) is 2.34. The van der Waals surface area contributed by atoms with Crippen LogP contribution in [0.25, 0.3) is 0 Å². The molecule has 0 aliphatic heterocycles. The van der Waals surface area contributed by atoms with Gasteiger partial charge in [-0.25, -0.2) is 4.79 Å². The number of hydrogen-bond acceptors (Lipinski definition) is 3. The first-order chi connectivity index (χ1) is 8.58. The predicted molar refractivity (Wildman–Crippen MR) is 69.3 cm³/mol. The van der Waals surface area contributed by atoms with E-state index in [2.05, 4.69) is 0 Å². The monoisotopic (exact) mass is 262 g/mol. The number of esters is 1. The van der Waals surface area contributed by atoms with Crippen molar-refractivity contribution in [3.8, 4) is 11.5 Å². The molecule has 0 aliphatic rings. The molecule has 0 aromatic heterocycles. The summed E-state index contributed by atoms with van der Waals surface area (Å²) < 4.78 is 5.25. The standard InChI is InChI=1S/C14H11ClO3/c1-9-3-2-4-12(15)13(9)18-14(17)10-5-7-11(16)8-6-10/h2-8,16H,1H3. The molecule has 0 radical (unpaired) electrons. The van der Waals surface area contributed by atoms with Gasteiger partial charge in [0, 0.05) is 0 Å². The number of phenols is 1. The fourth-order valence-corrected chi connectivity index (χ4v) is 1.76. The zero-order chi connectivity index (χ0) is 13.1. The summed E-state index contributed by atoms with van der Waals surface area (Å²) in [5.74, 6) is -0.0519. The zero-order valence-corrected chi connectivity index (χ0v) is 10.4. The molecular weight excluding hydrogens is 252 g/mol. The second kappa shape index (κ2) is 5.10. The van der Waals surface area contributed by atoms with E-state index in [4.69, 9.17) is 21.4 Å². The van der Waals surface area contributed by atoms with E-state index in [1.165, 1.54) is 24.3 Å². The maximum atomic E-state index is 11.9. The molecule has 0 aliphatic carbocycles. The number of halogens is 1. The Labute approximate surface area is 110 Å². The third-order valence-corrected chi connectivity index (χ3v) is 2.76. The van der Waals surface area contributed by atoms with Gasteiger partial charge in [0.25, 0.3) is 0 Å². The Balaban J connectivity index is 2.24. The van der Waals surface area contributed by atoms with Crippen LogP contribution in [0.3, 0.4) is 0 Å². The Kier molecular flexibility index (Phi) is 3.53. The summed E-state index contributed by atoms with van der Waals surface area (Å²) in [4.78, 5) is 11.9. The van der Waals surface area contributed by atoms with Crippen molar-refractivity contribution in [3.05, 3.63) is 58.6 Å². The lowest BCUT2D eigenvalue weighted by molar-refractivity contribution is 0.0733. The van der Waals surface area contributed by atoms with E-state index >= 15 is 0 Å². The summed E-state index contributed by atoms with van der Waals surface area (Å²) >= 11 is 5.97. The van der Waals surface area contributed by atoms with Gasteiger partial charge in [-0.15, -0.1) is 0 Å². The van der Waals surface area contributed by atoms with Crippen molar-refractivity contribution in [2.24, 2.45) is 0 Å². The largest absolute Gasteiger partial charge is 0.508 e. The van der Waals surface area contributed by atoms with Gasteiger partial charge in [0.1, 0.15) is 5.75 Å². The van der Waals surface area contributed by atoms with Gasteiger partial charge in [0.15, 0.2) is 5.75 Å². The van der Waals surface area contributed by atoms with Crippen LogP contribution >= 0.6 is 11.6 Å². The van der Waals surface area contributed by atoms with Crippen molar-refractivity contribution >= 4 is 17.6 Å². The van der Waals surface area contributed by atoms with Gasteiger partial charge in [0.05, 0.1) is 10.6 Å². The molecule has 0 spiro atoms. The number of phenolic OH excluding ortho intramolecular Hbond substituents is 1. The highest BCUT2D eigenvalue weighted by Gasteiger charge is 2.12. The van der Waals surface area contributed by atoms with Crippen molar-refractivity contribution in [2.75, 3.05) is 0 Å². The maximum Gasteiger partial charge on any atom is 0.343 e. The molecule has 0 saturated carbocycles. The molecule has 0 amide bonds. The molecule has 0 unspecified atom stereocenters. The van der Waals surface area contributed by atoms with Crippen LogP contribution in [0.1, 0.15) is 15.9 Å². The molecule has 0 saturated heterocycles. The molecule has 3 nitrogen and oxygen atoms in total. The fourth-order valence-electron chi connectivity index (χ4n) is 1.50. The molecule has 0 atom stereocenters. The summed E-state index contributed by atoms with van der Waals surface area (Å²) in [6.07, 6.45) is 0. The molecule has 2 aromatic rings. The van der Waals surface area contributed by atoms with Crippen molar-refractivity contribution in [2.45, 2.75) is 6.92 Å². The van der Waals surface area contributed by atoms with Gasteiger partial charge in [-0.05, 0) is 42.8 Å². The normalized spacial score (nSPS) is 10.1. The van der Waals surface area contributed by atoms with E-state index in [0.29, 0.717) is 16.3 Å². The molecule has 0 fully saturated rings. The Morgan fingerprint density at radius 2 is 1.83 bits per heavy atom. The number of aromatic hydroxyl groups is 1. The third kappa shape index (κ3) is 2.63. The van der Waals surface area contributed by atoms with Crippen molar-refractivity contribution in [3.63, 3.8) is 0 Å². The molecule has 1 N–H and O–H groups in total. The smallest absolute Gasteiger partial charge is 0.343 e. The molecule has 18 heavy (non-hydrogen) atoms. The quantitative estimate of drug-likeness (QED) is 0.665. The number of ether oxygens (including phenoxy) is 1. The van der Waals surface area contributed by atoms with Gasteiger partial charge >= 0.3 is 5.97 Å². The van der Waals surface area contributed by atoms with E-state index in [9.17, 15) is 4.79 Å². The van der Waals surface area contributed by atoms with Crippen LogP contribution < -0.4 is 4.74 Å². The minimum Gasteiger partial charge on any atom is -0.508 e. The highest BCUT2D eigenvalue weighted by Crippen LogP contribution is 2.28. The number of carbonyl (C=O) groups excluding carboxylic acids is 1. The van der Waals surface area contributed by atoms with E-state index in [0.717, 1.165) is 5.56 Å². The second-order valence-corrected chi connectivity index (χ2v) is 4.23. The molecule has 92 valence electrons. The van der Waals surface area contributed by atoms with Crippen LogP contribution in [0.2, 0.25) is 5.02 Å². The van der Waals surface area contributed by atoms with Crippen molar-refractivity contribution < 1.29 is 14.6 Å². The van der Waals surface area contributed by atoms with Crippen LogP contribution in [0.4, 0.5) is 0 Å². The maximum absolute atomic E-state index is 11.9. The molecule has 0 heterocycles. The van der Waals surface area contributed by atoms with E-state index < -0.39 is 5.97 Å². The average molecular weight is 263 g/mol. The summed E-state index contributed by atoms with van der Waals surface area (Å²) in [7, 11) is 0. The van der Waals surface area contributed by atoms with E-state index in [1.807, 2.05) is 13.0 Å². The highest BCUT2D eigenvalue weighted by molar-refractivity contribution is 6.32. The van der Waals surface area contributed by atoms with Gasteiger partial charge in [-0.3, -0.25) is 0 Å². The molecular formula is C14H11ClO3. The minimum absolute atomic E-state index is 0.0977. The van der Waals surface area contributed by atoms with Crippen molar-refractivity contribution in [1.29, 1.82) is 0 Å². The predicted octanol–water partition coefficient (Wildman–Crippen LogP) is 3.57. The molecule has 2 rings (SSSR count). The summed E-state index contributed by atoms with van der Waals surface area (Å²) in [6.45, 7) is 1.81. The Bertz CT molecular complexity index is 556. The van der Waals surface area contributed by atoms with Crippen LogP contribution in [-0.2, 0) is 0 Å². The molecule has 2 aromatic carbocycles. The Hall–Kier alpha value is -2.00. The number of benzene rings is 2. The van der Waals surface area contributed by atoms with Crippen LogP contribution in [0.15, 0.2) is 42.5 Å². The van der Waals surface area contributed by atoms with Gasteiger partial charge in [-0.2, -0.15) is 0 Å². The van der Waals surface area contributed by atoms with Gasteiger partial charge < -0.3 is 9.84 Å². The first kappa shape index (κ1) is 12.5. The lowest BCUT2D eigenvalue weighted by atomic mass is 10.2. The summed E-state index contributed by atoms with van der Waals surface area (Å²) in [5, 5.41) is 9.53. The highest BCUT2D eigenvalue weighted by atomic mass is 35.5. The molecule has 0 bridgehead atoms. The number of aryl methyl sites for hydroxylation is 1. The number of rotatable bonds is 2. The Morgan fingerprint density at radius 3 is 2.44 bits per heavy atom. The van der Waals surface area contributed by atoms with Crippen LogP contribution in [-0.4, -0.2) is 11.1 Å². The minimum atomic E-state index is -0.508. The summed E-state index contributed by atoms with van der Waals surface area (Å²) in [5.41, 5.74) is 1.14. The topological polar surface area (TPSA) is 46.5 Å². The number of hydrogen-bond donors (Lipinski definition) is 1. The lowest BCUT2D eigenvalue weighted by Gasteiger charge is -2.08. The Morgan fingerprint density at radius 1 is 1.17 bits per heavy atom. The fraction of sp³-hybridized carbons (Fsp3) is 0.0714. The van der Waals surface area contributed by atoms with Gasteiger partial charge in [-0.1, -0.05) is 23.7 Å². The number of para-hydroxylation sites is 1. The second-order valence-electron chi connectivity index (χ2n) is 3.82. The third-order valence-electron chi connectivity index (χ3n) is 2.46. The first-order valence-electron chi connectivity index (χ1n) is 5.34. The summed E-state index contributed by atoms with van der Waals surface area (Å²) in [6, 6.07) is 11.1. The van der Waals surface area contributed by atoms with Crippen molar-refractivity contribution in [1.82, 2.24) is 0 Å². The molecule has 4 heteroatoms. The van der Waals surface area contributed by atoms with E-state index in [1.54, 1.807) is 12.1 Å². The van der Waals surface area contributed by atoms with E-state index in [-0.39, 0.29) is 5.75 Å². The SMILES string of the molecule is Cc1cccc(Cl)c1OC(=O)c1ccc(O)cc1. The van der Waals surface area contributed by atoms with Crippen LogP contribution in [0, 0.1) is 6.92 Å². The lowest BCUT2D eigenvalue weighted by Crippen LogP contribution is -2.09. The zero-order valence-electron chi connectivity index (χ0n) is 9.68. The van der Waals surface area contributed by atoms with Gasteiger partial charge in [0.2, 0.25) is 0 Å². The van der Waals surface area contributed by atoms with Crippen LogP contribution in [0.5, 0.6) is 11.5 Å².